The Morgan fingerprint density at radius 1 is 1.25 bits per heavy atom. The van der Waals surface area contributed by atoms with Gasteiger partial charge in [-0.1, -0.05) is 27.2 Å². The highest BCUT2D eigenvalue weighted by atomic mass is 16.5. The molecule has 1 N–H and O–H groups in total. The van der Waals surface area contributed by atoms with Crippen LogP contribution in [0.15, 0.2) is 0 Å². The van der Waals surface area contributed by atoms with Crippen LogP contribution in [0.2, 0.25) is 0 Å². The summed E-state index contributed by atoms with van der Waals surface area (Å²) in [5.74, 6) is -0.00976. The van der Waals surface area contributed by atoms with Crippen molar-refractivity contribution >= 4 is 5.91 Å². The van der Waals surface area contributed by atoms with Gasteiger partial charge in [-0.05, 0) is 32.1 Å². The van der Waals surface area contributed by atoms with Crippen LogP contribution in [0, 0.1) is 5.41 Å². The molecule has 0 fully saturated rings. The van der Waals surface area contributed by atoms with Gasteiger partial charge in [0.1, 0.15) is 6.61 Å². The van der Waals surface area contributed by atoms with Crippen molar-refractivity contribution in [3.05, 3.63) is 0 Å². The van der Waals surface area contributed by atoms with Gasteiger partial charge in [0.25, 0.3) is 0 Å². The predicted molar refractivity (Wildman–Crippen MR) is 67.4 cm³/mol. The van der Waals surface area contributed by atoms with Gasteiger partial charge in [-0.3, -0.25) is 4.79 Å². The molecule has 0 aliphatic heterocycles. The summed E-state index contributed by atoms with van der Waals surface area (Å²) in [6.45, 7) is 11.5. The second kappa shape index (κ2) is 7.66. The van der Waals surface area contributed by atoms with Gasteiger partial charge in [0, 0.05) is 6.54 Å². The number of carbonyl (C=O) groups is 1. The number of hydrogen-bond acceptors (Lipinski definition) is 2. The highest BCUT2D eigenvalue weighted by Crippen LogP contribution is 2.20. The van der Waals surface area contributed by atoms with Crippen molar-refractivity contribution in [1.82, 2.24) is 5.32 Å². The van der Waals surface area contributed by atoms with E-state index in [0.29, 0.717) is 5.41 Å². The third-order valence-corrected chi connectivity index (χ3v) is 2.22. The van der Waals surface area contributed by atoms with E-state index >= 15 is 0 Å². The van der Waals surface area contributed by atoms with Crippen molar-refractivity contribution in [2.45, 2.75) is 60.0 Å². The lowest BCUT2D eigenvalue weighted by molar-refractivity contribution is -0.127. The molecule has 0 aromatic carbocycles. The molecule has 0 aromatic rings. The number of hydrogen-bond donors (Lipinski definition) is 1. The van der Waals surface area contributed by atoms with Crippen LogP contribution >= 0.6 is 0 Å². The number of carbonyl (C=O) groups excluding carboxylic acids is 1. The molecule has 0 saturated carbocycles. The van der Waals surface area contributed by atoms with E-state index in [9.17, 15) is 4.79 Å². The Kier molecular flexibility index (Phi) is 7.39. The van der Waals surface area contributed by atoms with Crippen molar-refractivity contribution in [2.75, 3.05) is 13.2 Å². The molecule has 0 spiro atoms. The van der Waals surface area contributed by atoms with Crippen LogP contribution in [0.1, 0.15) is 53.9 Å². The Hall–Kier alpha value is -0.570. The molecular formula is C13H27NO2. The van der Waals surface area contributed by atoms with Crippen LogP contribution < -0.4 is 5.32 Å². The second-order valence-corrected chi connectivity index (χ2v) is 5.73. The SMILES string of the molecule is CC(C)OCC(=O)NCCCCC(C)(C)C. The van der Waals surface area contributed by atoms with E-state index in [4.69, 9.17) is 4.74 Å². The molecule has 0 radical (unpaired) electrons. The Morgan fingerprint density at radius 3 is 2.38 bits per heavy atom. The highest BCUT2D eigenvalue weighted by Gasteiger charge is 2.09. The molecule has 0 rings (SSSR count). The van der Waals surface area contributed by atoms with Crippen molar-refractivity contribution < 1.29 is 9.53 Å². The Bertz CT molecular complexity index is 195. The van der Waals surface area contributed by atoms with Crippen molar-refractivity contribution in [3.8, 4) is 0 Å². The van der Waals surface area contributed by atoms with Gasteiger partial charge >= 0.3 is 0 Å². The minimum atomic E-state index is -0.00976. The van der Waals surface area contributed by atoms with E-state index in [1.54, 1.807) is 0 Å². The quantitative estimate of drug-likeness (QED) is 0.682. The number of unbranched alkanes of at least 4 members (excludes halogenated alkanes) is 1. The summed E-state index contributed by atoms with van der Waals surface area (Å²) in [5.41, 5.74) is 0.394. The van der Waals surface area contributed by atoms with E-state index in [-0.39, 0.29) is 18.6 Å². The summed E-state index contributed by atoms with van der Waals surface area (Å²) in [5, 5.41) is 2.86. The molecule has 0 aliphatic rings. The lowest BCUT2D eigenvalue weighted by atomic mass is 9.90. The summed E-state index contributed by atoms with van der Waals surface area (Å²) in [6, 6.07) is 0. The highest BCUT2D eigenvalue weighted by molar-refractivity contribution is 5.77. The molecule has 3 nitrogen and oxygen atoms in total. The average Bonchev–Trinajstić information content (AvgIpc) is 2.12. The van der Waals surface area contributed by atoms with E-state index in [0.717, 1.165) is 19.4 Å². The molecule has 96 valence electrons. The van der Waals surface area contributed by atoms with Crippen molar-refractivity contribution in [3.63, 3.8) is 0 Å². The number of amides is 1. The third kappa shape index (κ3) is 11.5. The van der Waals surface area contributed by atoms with Crippen LogP contribution in [-0.2, 0) is 9.53 Å². The zero-order valence-corrected chi connectivity index (χ0v) is 11.4. The van der Waals surface area contributed by atoms with E-state index in [2.05, 4.69) is 26.1 Å². The van der Waals surface area contributed by atoms with Crippen LogP contribution in [-0.4, -0.2) is 25.2 Å². The molecule has 16 heavy (non-hydrogen) atoms. The normalized spacial score (nSPS) is 11.9. The minimum absolute atomic E-state index is 0.00976. The molecule has 3 heteroatoms. The number of rotatable bonds is 7. The average molecular weight is 229 g/mol. The molecule has 1 amide bonds. The van der Waals surface area contributed by atoms with Crippen LogP contribution in [0.4, 0.5) is 0 Å². The van der Waals surface area contributed by atoms with Crippen molar-refractivity contribution in [1.29, 1.82) is 0 Å². The first-order valence-electron chi connectivity index (χ1n) is 6.19. The van der Waals surface area contributed by atoms with Gasteiger partial charge in [0.05, 0.1) is 6.10 Å². The standard InChI is InChI=1S/C13H27NO2/c1-11(2)16-10-12(15)14-9-7-6-8-13(3,4)5/h11H,6-10H2,1-5H3,(H,14,15). The zero-order chi connectivity index (χ0) is 12.6. The van der Waals surface area contributed by atoms with Crippen molar-refractivity contribution in [2.24, 2.45) is 5.41 Å². The fourth-order valence-electron chi connectivity index (χ4n) is 1.30. The Balaban J connectivity index is 3.35. The summed E-state index contributed by atoms with van der Waals surface area (Å²) >= 11 is 0. The first-order chi connectivity index (χ1) is 7.31. The smallest absolute Gasteiger partial charge is 0.246 e. The summed E-state index contributed by atoms with van der Waals surface area (Å²) < 4.78 is 5.20. The monoisotopic (exact) mass is 229 g/mol. The summed E-state index contributed by atoms with van der Waals surface area (Å²) in [4.78, 5) is 11.3. The largest absolute Gasteiger partial charge is 0.369 e. The molecule has 0 saturated heterocycles. The topological polar surface area (TPSA) is 38.3 Å². The maximum absolute atomic E-state index is 11.3. The van der Waals surface area contributed by atoms with E-state index < -0.39 is 0 Å². The summed E-state index contributed by atoms with van der Waals surface area (Å²) in [6.07, 6.45) is 3.52. The molecule has 0 aromatic heterocycles. The van der Waals surface area contributed by atoms with Crippen LogP contribution in [0.3, 0.4) is 0 Å². The predicted octanol–water partition coefficient (Wildman–Crippen LogP) is 2.74. The fourth-order valence-corrected chi connectivity index (χ4v) is 1.30. The van der Waals surface area contributed by atoms with Crippen LogP contribution in [0.5, 0.6) is 0 Å². The maximum Gasteiger partial charge on any atom is 0.246 e. The lowest BCUT2D eigenvalue weighted by Gasteiger charge is -2.17. The first-order valence-corrected chi connectivity index (χ1v) is 6.19. The molecule has 0 heterocycles. The molecule has 0 unspecified atom stereocenters. The first kappa shape index (κ1) is 15.4. The minimum Gasteiger partial charge on any atom is -0.369 e. The van der Waals surface area contributed by atoms with Gasteiger partial charge < -0.3 is 10.1 Å². The number of ether oxygens (including phenoxy) is 1. The Labute approximate surface area is 99.9 Å². The Morgan fingerprint density at radius 2 is 1.88 bits per heavy atom. The van der Waals surface area contributed by atoms with Gasteiger partial charge in [-0.15, -0.1) is 0 Å². The van der Waals surface area contributed by atoms with Gasteiger partial charge in [-0.25, -0.2) is 0 Å². The molecule has 0 atom stereocenters. The van der Waals surface area contributed by atoms with E-state index in [1.807, 2.05) is 13.8 Å². The third-order valence-electron chi connectivity index (χ3n) is 2.22. The van der Waals surface area contributed by atoms with Gasteiger partial charge in [0.2, 0.25) is 5.91 Å². The molecule has 0 aliphatic carbocycles. The van der Waals surface area contributed by atoms with Gasteiger partial charge in [0.15, 0.2) is 0 Å². The summed E-state index contributed by atoms with van der Waals surface area (Å²) in [7, 11) is 0. The second-order valence-electron chi connectivity index (χ2n) is 5.73. The maximum atomic E-state index is 11.3. The van der Waals surface area contributed by atoms with E-state index in [1.165, 1.54) is 6.42 Å². The number of nitrogens with one attached hydrogen (secondary N) is 1. The lowest BCUT2D eigenvalue weighted by Crippen LogP contribution is -2.29. The van der Waals surface area contributed by atoms with Crippen LogP contribution in [0.25, 0.3) is 0 Å². The van der Waals surface area contributed by atoms with Gasteiger partial charge in [-0.2, -0.15) is 0 Å². The molecular weight excluding hydrogens is 202 g/mol. The molecule has 0 bridgehead atoms. The zero-order valence-electron chi connectivity index (χ0n) is 11.4. The fraction of sp³-hybridized carbons (Fsp3) is 0.923.